The summed E-state index contributed by atoms with van der Waals surface area (Å²) in [5, 5.41) is 2.58. The summed E-state index contributed by atoms with van der Waals surface area (Å²) in [4.78, 5) is 4.11. The van der Waals surface area contributed by atoms with Gasteiger partial charge in [-0.25, -0.2) is 4.99 Å². The molecule has 0 radical (unpaired) electrons. The number of nitrogens with zero attached hydrogens (tertiary/aromatic N) is 1. The first-order chi connectivity index (χ1) is 10.0. The van der Waals surface area contributed by atoms with E-state index in [4.69, 9.17) is 12.2 Å². The van der Waals surface area contributed by atoms with E-state index in [1.165, 1.54) is 18.2 Å². The molecule has 1 unspecified atom stereocenters. The highest BCUT2D eigenvalue weighted by Crippen LogP contribution is 2.30. The van der Waals surface area contributed by atoms with Crippen molar-refractivity contribution in [3.8, 4) is 18.1 Å². The van der Waals surface area contributed by atoms with Crippen LogP contribution in [0.4, 0.5) is 18.9 Å². The smallest absolute Gasteiger partial charge is 0.404 e. The number of halogens is 3. The number of terminal acetylenes is 1. The Balaban J connectivity index is 2.98. The normalized spacial score (nSPS) is 14.1. The van der Waals surface area contributed by atoms with Crippen molar-refractivity contribution in [2.24, 2.45) is 16.1 Å². The van der Waals surface area contributed by atoms with Crippen LogP contribution in [-0.4, -0.2) is 18.4 Å². The van der Waals surface area contributed by atoms with Crippen LogP contribution in [0.3, 0.4) is 0 Å². The number of rotatable bonds is 3. The fourth-order valence-electron chi connectivity index (χ4n) is 1.57. The maximum atomic E-state index is 12.3. The molecule has 3 N–H and O–H groups in total. The largest absolute Gasteiger partial charge is 0.573 e. The summed E-state index contributed by atoms with van der Waals surface area (Å²) in [5.41, 5.74) is 5.43. The molecule has 120 valence electrons. The summed E-state index contributed by atoms with van der Waals surface area (Å²) < 4.78 is 40.9. The standard InChI is InChI=1S/C15H18F3N3O/c1-5-12(14(2,3)4)21-13(19)20-10-8-6-7-9-11(10)22-15(16,17)18/h1,6-9,12H,2-4H3,(H3,19,20,21). The first-order valence-corrected chi connectivity index (χ1v) is 6.44. The molecule has 1 aromatic rings. The second-order valence-corrected chi connectivity index (χ2v) is 5.62. The highest BCUT2D eigenvalue weighted by molar-refractivity contribution is 5.93. The number of para-hydroxylation sites is 2. The molecule has 1 atom stereocenters. The maximum Gasteiger partial charge on any atom is 0.573 e. The fourth-order valence-corrected chi connectivity index (χ4v) is 1.57. The Hall–Kier alpha value is -2.36. The number of aliphatic imine (C=N–C) groups is 1. The first kappa shape index (κ1) is 17.7. The fraction of sp³-hybridized carbons (Fsp3) is 0.400. The number of anilines is 1. The second kappa shape index (κ2) is 6.60. The zero-order chi connectivity index (χ0) is 17.0. The molecular weight excluding hydrogens is 295 g/mol. The number of guanidine groups is 1. The number of nitrogens with one attached hydrogen (secondary N) is 1. The molecule has 1 rings (SSSR count). The van der Waals surface area contributed by atoms with Gasteiger partial charge in [0.1, 0.15) is 6.04 Å². The van der Waals surface area contributed by atoms with E-state index in [9.17, 15) is 13.2 Å². The molecule has 0 bridgehead atoms. The monoisotopic (exact) mass is 313 g/mol. The van der Waals surface area contributed by atoms with Crippen molar-refractivity contribution in [3.05, 3.63) is 24.3 Å². The predicted octanol–water partition coefficient (Wildman–Crippen LogP) is 3.36. The van der Waals surface area contributed by atoms with Crippen molar-refractivity contribution < 1.29 is 17.9 Å². The molecule has 0 aliphatic heterocycles. The number of alkyl halides is 3. The summed E-state index contributed by atoms with van der Waals surface area (Å²) in [5.74, 6) is 2.00. The Kier molecular flexibility index (Phi) is 5.31. The summed E-state index contributed by atoms with van der Waals surface area (Å²) in [6, 6.07) is 5.01. The minimum absolute atomic E-state index is 0.0470. The predicted molar refractivity (Wildman–Crippen MR) is 80.4 cm³/mol. The minimum atomic E-state index is -4.80. The van der Waals surface area contributed by atoms with Crippen molar-refractivity contribution in [1.82, 2.24) is 0 Å². The van der Waals surface area contributed by atoms with Crippen LogP contribution in [0.1, 0.15) is 20.8 Å². The number of hydrogen-bond acceptors (Lipinski definition) is 2. The quantitative estimate of drug-likeness (QED) is 0.511. The molecule has 22 heavy (non-hydrogen) atoms. The Labute approximate surface area is 127 Å². The minimum Gasteiger partial charge on any atom is -0.404 e. The zero-order valence-corrected chi connectivity index (χ0v) is 12.5. The summed E-state index contributed by atoms with van der Waals surface area (Å²) in [7, 11) is 0. The van der Waals surface area contributed by atoms with E-state index in [-0.39, 0.29) is 17.1 Å². The Bertz CT molecular complexity index is 583. The van der Waals surface area contributed by atoms with Crippen molar-refractivity contribution in [1.29, 1.82) is 0 Å². The second-order valence-electron chi connectivity index (χ2n) is 5.62. The number of benzene rings is 1. The van der Waals surface area contributed by atoms with Gasteiger partial charge in [0.15, 0.2) is 11.7 Å². The van der Waals surface area contributed by atoms with Crippen LogP contribution >= 0.6 is 0 Å². The summed E-state index contributed by atoms with van der Waals surface area (Å²) in [6.45, 7) is 5.65. The van der Waals surface area contributed by atoms with E-state index in [2.05, 4.69) is 21.0 Å². The highest BCUT2D eigenvalue weighted by Gasteiger charge is 2.32. The third-order valence-corrected chi connectivity index (χ3v) is 2.62. The number of ether oxygens (including phenoxy) is 1. The van der Waals surface area contributed by atoms with Gasteiger partial charge in [-0.05, 0) is 17.5 Å². The van der Waals surface area contributed by atoms with Gasteiger partial charge < -0.3 is 15.8 Å². The molecule has 0 heterocycles. The van der Waals surface area contributed by atoms with Crippen LogP contribution in [0.15, 0.2) is 29.3 Å². The molecular formula is C15H18F3N3O. The molecule has 0 aliphatic carbocycles. The van der Waals surface area contributed by atoms with Gasteiger partial charge in [0, 0.05) is 0 Å². The topological polar surface area (TPSA) is 59.6 Å². The average Bonchev–Trinajstić information content (AvgIpc) is 2.35. The van der Waals surface area contributed by atoms with Gasteiger partial charge in [-0.2, -0.15) is 0 Å². The van der Waals surface area contributed by atoms with Crippen molar-refractivity contribution >= 4 is 11.6 Å². The van der Waals surface area contributed by atoms with E-state index in [0.717, 1.165) is 0 Å². The van der Waals surface area contributed by atoms with Gasteiger partial charge in [-0.15, -0.1) is 19.6 Å². The van der Waals surface area contributed by atoms with Crippen molar-refractivity contribution in [3.63, 3.8) is 0 Å². The Morgan fingerprint density at radius 2 is 1.91 bits per heavy atom. The van der Waals surface area contributed by atoms with E-state index >= 15 is 0 Å². The van der Waals surface area contributed by atoms with Gasteiger partial charge >= 0.3 is 6.36 Å². The van der Waals surface area contributed by atoms with Gasteiger partial charge in [0.05, 0.1) is 5.69 Å². The maximum absolute atomic E-state index is 12.3. The third kappa shape index (κ3) is 5.56. The van der Waals surface area contributed by atoms with Crippen LogP contribution in [0, 0.1) is 17.8 Å². The van der Waals surface area contributed by atoms with Gasteiger partial charge in [0.2, 0.25) is 0 Å². The SMILES string of the molecule is C#CC(N=C(N)Nc1ccccc1OC(F)(F)F)C(C)(C)C. The lowest BCUT2D eigenvalue weighted by Gasteiger charge is -2.23. The molecule has 0 saturated heterocycles. The lowest BCUT2D eigenvalue weighted by Crippen LogP contribution is -2.30. The van der Waals surface area contributed by atoms with E-state index in [1.807, 2.05) is 20.8 Å². The lowest BCUT2D eigenvalue weighted by molar-refractivity contribution is -0.274. The first-order valence-electron chi connectivity index (χ1n) is 6.44. The molecule has 0 amide bonds. The van der Waals surface area contributed by atoms with Crippen LogP contribution < -0.4 is 15.8 Å². The molecule has 7 heteroatoms. The van der Waals surface area contributed by atoms with Crippen LogP contribution in [0.25, 0.3) is 0 Å². The Morgan fingerprint density at radius 3 is 2.41 bits per heavy atom. The lowest BCUT2D eigenvalue weighted by atomic mass is 9.88. The van der Waals surface area contributed by atoms with E-state index in [1.54, 1.807) is 6.07 Å². The van der Waals surface area contributed by atoms with E-state index in [0.29, 0.717) is 0 Å². The molecule has 0 saturated carbocycles. The third-order valence-electron chi connectivity index (χ3n) is 2.62. The average molecular weight is 313 g/mol. The number of hydrogen-bond donors (Lipinski definition) is 2. The number of nitrogens with two attached hydrogens (primary N) is 1. The van der Waals surface area contributed by atoms with Gasteiger partial charge in [0.25, 0.3) is 0 Å². The van der Waals surface area contributed by atoms with Gasteiger partial charge in [-0.1, -0.05) is 38.8 Å². The molecule has 4 nitrogen and oxygen atoms in total. The molecule has 0 aliphatic rings. The molecule has 0 aromatic heterocycles. The van der Waals surface area contributed by atoms with Gasteiger partial charge in [-0.3, -0.25) is 0 Å². The van der Waals surface area contributed by atoms with E-state index < -0.39 is 18.2 Å². The Morgan fingerprint density at radius 1 is 1.32 bits per heavy atom. The summed E-state index contributed by atoms with van der Waals surface area (Å²) in [6.07, 6.45) is 0.605. The molecule has 0 fully saturated rings. The van der Waals surface area contributed by atoms with Crippen LogP contribution in [0.2, 0.25) is 0 Å². The van der Waals surface area contributed by atoms with Crippen LogP contribution in [0.5, 0.6) is 5.75 Å². The van der Waals surface area contributed by atoms with Crippen molar-refractivity contribution in [2.45, 2.75) is 33.2 Å². The molecule has 0 spiro atoms. The zero-order valence-electron chi connectivity index (χ0n) is 12.5. The highest BCUT2D eigenvalue weighted by atomic mass is 19.4. The van der Waals surface area contributed by atoms with Crippen LogP contribution in [-0.2, 0) is 0 Å². The molecule has 1 aromatic carbocycles. The van der Waals surface area contributed by atoms with Crippen molar-refractivity contribution in [2.75, 3.05) is 5.32 Å². The summed E-state index contributed by atoms with van der Waals surface area (Å²) >= 11 is 0.